The van der Waals surface area contributed by atoms with Crippen molar-refractivity contribution in [1.82, 2.24) is 5.43 Å². The highest BCUT2D eigenvalue weighted by molar-refractivity contribution is 7.92. The van der Waals surface area contributed by atoms with Gasteiger partial charge in [0.2, 0.25) is 0 Å². The van der Waals surface area contributed by atoms with Crippen LogP contribution in [0.5, 0.6) is 5.75 Å². The molecule has 5 aromatic carbocycles. The molecule has 0 aliphatic rings. The van der Waals surface area contributed by atoms with Crippen molar-refractivity contribution in [3.63, 3.8) is 0 Å². The van der Waals surface area contributed by atoms with Gasteiger partial charge in [-0.3, -0.25) is 9.10 Å². The molecule has 0 spiro atoms. The van der Waals surface area contributed by atoms with Gasteiger partial charge in [-0.25, -0.2) is 13.8 Å². The molecule has 0 saturated carbocycles. The number of carbonyl (C=O) groups is 1. The lowest BCUT2D eigenvalue weighted by Crippen LogP contribution is -2.39. The van der Waals surface area contributed by atoms with E-state index in [1.807, 2.05) is 49.4 Å². The molecule has 0 saturated heterocycles. The summed E-state index contributed by atoms with van der Waals surface area (Å²) in [4.78, 5) is 12.9. The first-order chi connectivity index (χ1) is 20.3. The zero-order chi connectivity index (χ0) is 29.5. The van der Waals surface area contributed by atoms with Crippen molar-refractivity contribution in [3.05, 3.63) is 137 Å². The number of ether oxygens (including phenoxy) is 1. The van der Waals surface area contributed by atoms with Gasteiger partial charge in [-0.05, 0) is 89.5 Å². The number of rotatable bonds is 10. The van der Waals surface area contributed by atoms with Gasteiger partial charge >= 0.3 is 0 Å². The van der Waals surface area contributed by atoms with Crippen molar-refractivity contribution < 1.29 is 17.9 Å². The first kappa shape index (κ1) is 28.9. The van der Waals surface area contributed by atoms with Gasteiger partial charge in [0.05, 0.1) is 16.8 Å². The van der Waals surface area contributed by atoms with E-state index in [4.69, 9.17) is 16.3 Å². The highest BCUT2D eigenvalue weighted by Crippen LogP contribution is 2.26. The van der Waals surface area contributed by atoms with Gasteiger partial charge in [-0.15, -0.1) is 0 Å². The zero-order valence-electron chi connectivity index (χ0n) is 22.8. The molecule has 0 radical (unpaired) electrons. The number of sulfonamides is 1. The van der Waals surface area contributed by atoms with Crippen LogP contribution in [0.4, 0.5) is 5.69 Å². The Morgan fingerprint density at radius 1 is 0.881 bits per heavy atom. The van der Waals surface area contributed by atoms with Crippen LogP contribution in [0.1, 0.15) is 16.7 Å². The van der Waals surface area contributed by atoms with E-state index in [-0.39, 0.29) is 10.6 Å². The van der Waals surface area contributed by atoms with Crippen LogP contribution in [0.3, 0.4) is 0 Å². The molecule has 5 aromatic rings. The third kappa shape index (κ3) is 7.15. The van der Waals surface area contributed by atoms with E-state index in [1.54, 1.807) is 30.3 Å². The van der Waals surface area contributed by atoms with Crippen molar-refractivity contribution in [2.45, 2.75) is 18.4 Å². The quantitative estimate of drug-likeness (QED) is 0.143. The fourth-order valence-corrected chi connectivity index (χ4v) is 5.87. The molecule has 0 aliphatic heterocycles. The molecular weight excluding hydrogens is 570 g/mol. The van der Waals surface area contributed by atoms with Crippen LogP contribution in [-0.4, -0.2) is 27.1 Å². The number of fused-ring (bicyclic) bond motifs is 1. The van der Waals surface area contributed by atoms with Crippen LogP contribution in [0.25, 0.3) is 10.8 Å². The molecular formula is C33H28ClN3O4S. The largest absolute Gasteiger partial charge is 0.489 e. The van der Waals surface area contributed by atoms with Crippen LogP contribution in [0.2, 0.25) is 5.02 Å². The predicted octanol–water partition coefficient (Wildman–Crippen LogP) is 6.73. The lowest BCUT2D eigenvalue weighted by Gasteiger charge is -2.24. The molecule has 212 valence electrons. The maximum Gasteiger partial charge on any atom is 0.264 e. The highest BCUT2D eigenvalue weighted by atomic mass is 35.5. The number of nitrogens with zero attached hydrogens (tertiary/aromatic N) is 2. The summed E-state index contributed by atoms with van der Waals surface area (Å²) in [5, 5.41) is 6.70. The molecule has 0 unspecified atom stereocenters. The van der Waals surface area contributed by atoms with Gasteiger partial charge in [0.1, 0.15) is 18.9 Å². The minimum absolute atomic E-state index is 0.0623. The zero-order valence-corrected chi connectivity index (χ0v) is 24.3. The number of halogens is 1. The summed E-state index contributed by atoms with van der Waals surface area (Å²) in [6, 6.07) is 34.4. The van der Waals surface area contributed by atoms with Gasteiger partial charge in [0, 0.05) is 5.02 Å². The molecule has 1 N–H and O–H groups in total. The number of benzene rings is 5. The molecule has 9 heteroatoms. The molecule has 1 amide bonds. The van der Waals surface area contributed by atoms with Crippen LogP contribution in [0.15, 0.2) is 125 Å². The second-order valence-corrected chi connectivity index (χ2v) is 11.9. The number of nitrogens with one attached hydrogen (secondary N) is 1. The van der Waals surface area contributed by atoms with Crippen molar-refractivity contribution in [2.75, 3.05) is 10.8 Å². The molecule has 7 nitrogen and oxygen atoms in total. The van der Waals surface area contributed by atoms with Crippen molar-refractivity contribution in [3.8, 4) is 5.75 Å². The molecule has 0 aliphatic carbocycles. The monoisotopic (exact) mass is 597 g/mol. The molecule has 0 aromatic heterocycles. The van der Waals surface area contributed by atoms with Gasteiger partial charge in [-0.2, -0.15) is 5.10 Å². The Morgan fingerprint density at radius 2 is 1.62 bits per heavy atom. The van der Waals surface area contributed by atoms with Gasteiger partial charge in [-0.1, -0.05) is 71.8 Å². The minimum Gasteiger partial charge on any atom is -0.489 e. The molecule has 0 fully saturated rings. The summed E-state index contributed by atoms with van der Waals surface area (Å²) in [6.07, 6.45) is 1.48. The van der Waals surface area contributed by atoms with Gasteiger partial charge in [0.15, 0.2) is 0 Å². The summed E-state index contributed by atoms with van der Waals surface area (Å²) in [5.41, 5.74) is 5.39. The van der Waals surface area contributed by atoms with Crippen LogP contribution < -0.4 is 14.5 Å². The summed E-state index contributed by atoms with van der Waals surface area (Å²) < 4.78 is 33.9. The van der Waals surface area contributed by atoms with E-state index < -0.39 is 22.5 Å². The summed E-state index contributed by atoms with van der Waals surface area (Å²) in [6.45, 7) is 1.81. The number of amides is 1. The average Bonchev–Trinajstić information content (AvgIpc) is 2.99. The predicted molar refractivity (Wildman–Crippen MR) is 168 cm³/mol. The van der Waals surface area contributed by atoms with Crippen molar-refractivity contribution in [2.24, 2.45) is 5.10 Å². The Morgan fingerprint density at radius 3 is 2.36 bits per heavy atom. The smallest absolute Gasteiger partial charge is 0.264 e. The Bertz CT molecular complexity index is 1840. The van der Waals surface area contributed by atoms with Crippen LogP contribution in [-0.2, 0) is 21.4 Å². The standard InChI is InChI=1S/C33H28ClN3O4S/c1-24-9-17-32(18-10-24)42(39,40)37(30-8-4-7-29(34)20-30)22-33(38)36-35-21-25-12-15-31(16-13-25)41-23-26-11-14-27-5-2-3-6-28(27)19-26/h2-21H,22-23H2,1H3,(H,36,38)/b35-21-. The van der Waals surface area contributed by atoms with Gasteiger partial charge in [0.25, 0.3) is 15.9 Å². The Kier molecular flexibility index (Phi) is 8.85. The first-order valence-corrected chi connectivity index (χ1v) is 15.0. The topological polar surface area (TPSA) is 88.1 Å². The molecule has 5 rings (SSSR count). The van der Waals surface area contributed by atoms with Crippen LogP contribution in [0, 0.1) is 6.92 Å². The average molecular weight is 598 g/mol. The summed E-state index contributed by atoms with van der Waals surface area (Å²) in [7, 11) is -4.05. The first-order valence-electron chi connectivity index (χ1n) is 13.2. The maximum absolute atomic E-state index is 13.5. The van der Waals surface area contributed by atoms with Crippen molar-refractivity contribution in [1.29, 1.82) is 0 Å². The Hall–Kier alpha value is -4.66. The number of carbonyl (C=O) groups excluding carboxylic acids is 1. The van der Waals surface area contributed by atoms with E-state index in [0.29, 0.717) is 17.4 Å². The van der Waals surface area contributed by atoms with E-state index in [1.165, 1.54) is 29.8 Å². The highest BCUT2D eigenvalue weighted by Gasteiger charge is 2.27. The molecule has 0 bridgehead atoms. The fourth-order valence-electron chi connectivity index (χ4n) is 4.27. The fraction of sp³-hybridized carbons (Fsp3) is 0.0909. The van der Waals surface area contributed by atoms with E-state index in [0.717, 1.165) is 26.4 Å². The molecule has 0 heterocycles. The Labute approximate surface area is 250 Å². The van der Waals surface area contributed by atoms with Crippen LogP contribution >= 0.6 is 11.6 Å². The number of hydrogen-bond acceptors (Lipinski definition) is 5. The third-order valence-electron chi connectivity index (χ3n) is 6.49. The second-order valence-electron chi connectivity index (χ2n) is 9.64. The third-order valence-corrected chi connectivity index (χ3v) is 8.52. The number of hydrogen-bond donors (Lipinski definition) is 1. The number of hydrazone groups is 1. The van der Waals surface area contributed by atoms with E-state index >= 15 is 0 Å². The second kappa shape index (κ2) is 12.9. The summed E-state index contributed by atoms with van der Waals surface area (Å²) >= 11 is 6.12. The van der Waals surface area contributed by atoms with Gasteiger partial charge < -0.3 is 4.74 Å². The van der Waals surface area contributed by atoms with E-state index in [9.17, 15) is 13.2 Å². The summed E-state index contributed by atoms with van der Waals surface area (Å²) in [5.74, 6) is 0.0834. The maximum atomic E-state index is 13.5. The molecule has 0 atom stereocenters. The number of aryl methyl sites for hydroxylation is 1. The number of anilines is 1. The Balaban J connectivity index is 1.21. The lowest BCUT2D eigenvalue weighted by molar-refractivity contribution is -0.119. The normalized spacial score (nSPS) is 11.5. The molecule has 42 heavy (non-hydrogen) atoms. The minimum atomic E-state index is -4.05. The van der Waals surface area contributed by atoms with Crippen molar-refractivity contribution >= 4 is 50.2 Å². The SMILES string of the molecule is Cc1ccc(S(=O)(=O)N(CC(=O)N/N=C\c2ccc(OCc3ccc4ccccc4c3)cc2)c2cccc(Cl)c2)cc1. The lowest BCUT2D eigenvalue weighted by atomic mass is 10.1. The van der Waals surface area contributed by atoms with E-state index in [2.05, 4.69) is 34.8 Å².